The van der Waals surface area contributed by atoms with Gasteiger partial charge in [-0.25, -0.2) is 4.79 Å². The van der Waals surface area contributed by atoms with E-state index in [0.717, 1.165) is 6.42 Å². The predicted molar refractivity (Wildman–Crippen MR) is 129 cm³/mol. The molecule has 1 aromatic heterocycles. The van der Waals surface area contributed by atoms with Crippen molar-refractivity contribution in [3.8, 4) is 12.3 Å². The summed E-state index contributed by atoms with van der Waals surface area (Å²) < 4.78 is 37.2. The lowest BCUT2D eigenvalue weighted by Crippen LogP contribution is -2.44. The molecule has 1 aliphatic heterocycles. The minimum Gasteiger partial charge on any atom is -0.414 e. The van der Waals surface area contributed by atoms with E-state index in [1.54, 1.807) is 6.92 Å². The second kappa shape index (κ2) is 11.7. The van der Waals surface area contributed by atoms with Gasteiger partial charge in [0.1, 0.15) is 25.0 Å². The van der Waals surface area contributed by atoms with Gasteiger partial charge in [0.05, 0.1) is 6.61 Å². The molecular weight excluding hydrogens is 463 g/mol. The summed E-state index contributed by atoms with van der Waals surface area (Å²) >= 11 is 0. The molecule has 1 N–H and O–H groups in total. The van der Waals surface area contributed by atoms with Gasteiger partial charge in [0.15, 0.2) is 8.32 Å². The Morgan fingerprint density at radius 3 is 2.67 bits per heavy atom. The molecule has 0 spiro atoms. The van der Waals surface area contributed by atoms with E-state index >= 15 is 0 Å². The van der Waals surface area contributed by atoms with Crippen molar-refractivity contribution < 1.29 is 22.8 Å². The summed E-state index contributed by atoms with van der Waals surface area (Å²) in [7, 11) is -4.45. The van der Waals surface area contributed by atoms with Crippen molar-refractivity contribution in [3.05, 3.63) is 32.6 Å². The van der Waals surface area contributed by atoms with Gasteiger partial charge in [-0.2, -0.15) is 0 Å². The van der Waals surface area contributed by atoms with Gasteiger partial charge >= 0.3 is 13.9 Å². The highest BCUT2D eigenvalue weighted by Crippen LogP contribution is 2.40. The zero-order valence-corrected chi connectivity index (χ0v) is 22.3. The van der Waals surface area contributed by atoms with Crippen LogP contribution in [0.1, 0.15) is 58.2 Å². The van der Waals surface area contributed by atoms with Crippen LogP contribution in [0.15, 0.2) is 15.8 Å². The number of nitrogens with one attached hydrogen (secondary N) is 1. The van der Waals surface area contributed by atoms with Gasteiger partial charge in [0.2, 0.25) is 0 Å². The topological polar surface area (TPSA) is 109 Å². The van der Waals surface area contributed by atoms with Crippen LogP contribution in [0.5, 0.6) is 0 Å². The van der Waals surface area contributed by atoms with Crippen LogP contribution in [0.4, 0.5) is 0 Å². The number of aryl methyl sites for hydroxylation is 1. The number of H-pyrrole nitrogens is 1. The zero-order valence-electron chi connectivity index (χ0n) is 20.4. The molecule has 184 valence electrons. The van der Waals surface area contributed by atoms with Crippen LogP contribution in [0, 0.1) is 19.3 Å². The lowest BCUT2D eigenvalue weighted by atomic mass is 10.2. The monoisotopic (exact) mass is 499 g/mol. The van der Waals surface area contributed by atoms with E-state index < -0.39 is 46.3 Å². The molecule has 4 atom stereocenters. The first-order chi connectivity index (χ1) is 15.4. The molecule has 2 rings (SSSR count). The molecular formula is C22H36N2O7PSi+. The number of hydrogen-bond acceptors (Lipinski definition) is 7. The normalized spacial score (nSPS) is 21.7. The van der Waals surface area contributed by atoms with E-state index in [4.69, 9.17) is 24.6 Å². The molecule has 1 fully saturated rings. The van der Waals surface area contributed by atoms with E-state index in [-0.39, 0.29) is 24.7 Å². The number of ether oxygens (including phenoxy) is 1. The number of rotatable bonds is 11. The van der Waals surface area contributed by atoms with Crippen LogP contribution in [0.25, 0.3) is 0 Å². The van der Waals surface area contributed by atoms with E-state index in [0.29, 0.717) is 18.4 Å². The predicted octanol–water partition coefficient (Wildman–Crippen LogP) is 4.02. The lowest BCUT2D eigenvalue weighted by molar-refractivity contribution is -0.0403. The Bertz CT molecular complexity index is 977. The van der Waals surface area contributed by atoms with Crippen LogP contribution in [-0.4, -0.2) is 43.3 Å². The van der Waals surface area contributed by atoms with Crippen molar-refractivity contribution in [2.45, 2.75) is 89.9 Å². The first kappa shape index (κ1) is 27.6. The van der Waals surface area contributed by atoms with Crippen molar-refractivity contribution >= 4 is 16.6 Å². The SMILES string of the molecule is C#CCCCCO[P+](=O)O[C@H]1C[C@H](n2cc(C)c(=O)[nH]c2=O)O[C@@H]1CO[Si](C)(C)C(C)(C)C. The molecule has 1 saturated heterocycles. The Hall–Kier alpha value is -1.60. The average Bonchev–Trinajstić information content (AvgIpc) is 3.10. The maximum atomic E-state index is 12.4. The fraction of sp³-hybridized carbons (Fsp3) is 0.727. The number of nitrogens with zero attached hydrogens (tertiary/aromatic N) is 1. The Labute approximate surface area is 197 Å². The fourth-order valence-corrected chi connectivity index (χ4v) is 4.84. The molecule has 11 heteroatoms. The van der Waals surface area contributed by atoms with Gasteiger partial charge < -0.3 is 9.16 Å². The Morgan fingerprint density at radius 2 is 2.03 bits per heavy atom. The van der Waals surface area contributed by atoms with E-state index in [1.807, 2.05) is 0 Å². The molecule has 0 saturated carbocycles. The minimum atomic E-state index is -2.38. The standard InChI is InChI=1S/C22H35N2O7PSi/c1-8-9-10-11-12-28-32(27)31-17-13-19(24-14-16(2)20(25)23-21(24)26)30-18(17)15-29-33(6,7)22(3,4)5/h1,14,17-19H,9-13,15H2,2-7H3/p+1/t17-,18+,19+/m0/s1. The molecule has 0 aliphatic carbocycles. The van der Waals surface area contributed by atoms with Crippen molar-refractivity contribution in [2.75, 3.05) is 13.2 Å². The number of unbranched alkanes of at least 4 members (excludes halogenated alkanes) is 2. The van der Waals surface area contributed by atoms with Crippen molar-refractivity contribution in [1.82, 2.24) is 9.55 Å². The molecule has 9 nitrogen and oxygen atoms in total. The number of hydrogen-bond donors (Lipinski definition) is 1. The van der Waals surface area contributed by atoms with Crippen LogP contribution in [0.3, 0.4) is 0 Å². The molecule has 0 bridgehead atoms. The van der Waals surface area contributed by atoms with Gasteiger partial charge in [-0.3, -0.25) is 14.3 Å². The number of terminal acetylenes is 1. The molecule has 0 radical (unpaired) electrons. The van der Waals surface area contributed by atoms with Crippen LogP contribution in [0.2, 0.25) is 18.1 Å². The van der Waals surface area contributed by atoms with Gasteiger partial charge in [0, 0.05) is 29.2 Å². The Morgan fingerprint density at radius 1 is 1.33 bits per heavy atom. The van der Waals surface area contributed by atoms with E-state index in [1.165, 1.54) is 10.8 Å². The quantitative estimate of drug-likeness (QED) is 0.212. The molecule has 0 amide bonds. The van der Waals surface area contributed by atoms with E-state index in [9.17, 15) is 14.2 Å². The number of aromatic nitrogens is 2. The summed E-state index contributed by atoms with van der Waals surface area (Å²) in [5.74, 6) is 2.55. The van der Waals surface area contributed by atoms with Crippen LogP contribution >= 0.6 is 8.25 Å². The van der Waals surface area contributed by atoms with Crippen LogP contribution in [-0.2, 0) is 22.8 Å². The minimum absolute atomic E-state index is 0.000969. The van der Waals surface area contributed by atoms with Crippen molar-refractivity contribution in [2.24, 2.45) is 0 Å². The first-order valence-corrected chi connectivity index (χ1v) is 15.2. The molecule has 1 aliphatic rings. The second-order valence-electron chi connectivity index (χ2n) is 9.78. The summed E-state index contributed by atoms with van der Waals surface area (Å²) in [6.07, 6.45) is 7.21. The molecule has 1 unspecified atom stereocenters. The Kier molecular flexibility index (Phi) is 9.79. The highest BCUT2D eigenvalue weighted by Gasteiger charge is 2.45. The first-order valence-electron chi connectivity index (χ1n) is 11.2. The summed E-state index contributed by atoms with van der Waals surface area (Å²) in [5.41, 5.74) is -0.631. The van der Waals surface area contributed by atoms with Crippen LogP contribution < -0.4 is 11.2 Å². The van der Waals surface area contributed by atoms with Crippen molar-refractivity contribution in [1.29, 1.82) is 0 Å². The molecule has 1 aromatic rings. The fourth-order valence-electron chi connectivity index (χ4n) is 3.05. The van der Waals surface area contributed by atoms with Gasteiger partial charge in [0.25, 0.3) is 5.56 Å². The van der Waals surface area contributed by atoms with Crippen molar-refractivity contribution in [3.63, 3.8) is 0 Å². The number of aromatic amines is 1. The highest BCUT2D eigenvalue weighted by molar-refractivity contribution is 7.33. The zero-order chi connectivity index (χ0) is 24.8. The third-order valence-corrected chi connectivity index (χ3v) is 11.5. The molecule has 0 aromatic carbocycles. The highest BCUT2D eigenvalue weighted by atomic mass is 31.1. The second-order valence-corrected chi connectivity index (χ2v) is 15.5. The average molecular weight is 500 g/mol. The molecule has 33 heavy (non-hydrogen) atoms. The smallest absolute Gasteiger partial charge is 0.414 e. The maximum absolute atomic E-state index is 12.4. The summed E-state index contributed by atoms with van der Waals surface area (Å²) in [6.45, 7) is 12.8. The molecule has 2 heterocycles. The maximum Gasteiger partial charge on any atom is 0.697 e. The summed E-state index contributed by atoms with van der Waals surface area (Å²) in [5, 5.41) is 0.000969. The lowest BCUT2D eigenvalue weighted by Gasteiger charge is -2.37. The summed E-state index contributed by atoms with van der Waals surface area (Å²) in [4.78, 5) is 26.4. The van der Waals surface area contributed by atoms with Gasteiger partial charge in [-0.1, -0.05) is 20.8 Å². The van der Waals surface area contributed by atoms with Gasteiger partial charge in [-0.05, 0) is 37.9 Å². The van der Waals surface area contributed by atoms with Gasteiger partial charge in [-0.15, -0.1) is 21.4 Å². The largest absolute Gasteiger partial charge is 0.697 e. The Balaban J connectivity index is 2.13. The summed E-state index contributed by atoms with van der Waals surface area (Å²) in [6, 6.07) is 0. The third-order valence-electron chi connectivity index (χ3n) is 6.18. The third kappa shape index (κ3) is 7.71. The van der Waals surface area contributed by atoms with E-state index in [2.05, 4.69) is 44.8 Å².